The average molecular weight is 784 g/mol. The zero-order chi connectivity index (χ0) is 40.7. The highest BCUT2D eigenvalue weighted by molar-refractivity contribution is 6.13. The molecule has 290 valence electrons. The van der Waals surface area contributed by atoms with E-state index in [0.29, 0.717) is 0 Å². The highest BCUT2D eigenvalue weighted by Crippen LogP contribution is 2.44. The summed E-state index contributed by atoms with van der Waals surface area (Å²) in [6.07, 6.45) is 1.84. The number of hydrogen-bond donors (Lipinski definition) is 1. The Kier molecular flexibility index (Phi) is 8.10. The van der Waals surface area contributed by atoms with Gasteiger partial charge in [-0.1, -0.05) is 117 Å². The molecule has 11 rings (SSSR count). The van der Waals surface area contributed by atoms with Crippen LogP contribution in [0.1, 0.15) is 42.0 Å². The van der Waals surface area contributed by atoms with Gasteiger partial charge in [0.25, 0.3) is 5.92 Å². The fourth-order valence-electron chi connectivity index (χ4n) is 9.07. The first-order valence-corrected chi connectivity index (χ1v) is 20.3. The molecule has 1 N–H and O–H groups in total. The van der Waals surface area contributed by atoms with Gasteiger partial charge in [0.2, 0.25) is 0 Å². The van der Waals surface area contributed by atoms with Gasteiger partial charge in [-0.2, -0.15) is 8.78 Å². The molecule has 60 heavy (non-hydrogen) atoms. The number of rotatable bonds is 7. The second kappa shape index (κ2) is 13.6. The van der Waals surface area contributed by atoms with Crippen molar-refractivity contribution < 1.29 is 8.78 Å². The van der Waals surface area contributed by atoms with Gasteiger partial charge in [-0.3, -0.25) is 9.13 Å². The predicted molar refractivity (Wildman–Crippen MR) is 242 cm³/mol. The molecule has 4 aromatic heterocycles. The Morgan fingerprint density at radius 1 is 0.600 bits per heavy atom. The molecular formula is C53H39F2N5. The SMILES string of the molecule is Cc1cc(C(F)(F)c2ccccc2)cc2c3ccc(-c4cccc5c4nc(-c4cccc6c4[nH]c4ccccc46)n5-c4ccccc4)cc3n(-c3cc(C(C)C)ccn3)c12. The van der Waals surface area contributed by atoms with E-state index in [4.69, 9.17) is 9.97 Å². The van der Waals surface area contributed by atoms with E-state index in [9.17, 15) is 0 Å². The van der Waals surface area contributed by atoms with E-state index in [1.54, 1.807) is 30.3 Å². The Morgan fingerprint density at radius 2 is 1.33 bits per heavy atom. The van der Waals surface area contributed by atoms with E-state index in [2.05, 4.69) is 137 Å². The van der Waals surface area contributed by atoms with Gasteiger partial charge >= 0.3 is 0 Å². The van der Waals surface area contributed by atoms with Crippen LogP contribution in [0.5, 0.6) is 0 Å². The largest absolute Gasteiger partial charge is 0.354 e. The summed E-state index contributed by atoms with van der Waals surface area (Å²) in [4.78, 5) is 14.1. The minimum Gasteiger partial charge on any atom is -0.354 e. The van der Waals surface area contributed by atoms with Crippen LogP contribution in [-0.2, 0) is 5.92 Å². The maximum atomic E-state index is 16.3. The molecule has 0 saturated heterocycles. The number of alkyl halides is 2. The molecule has 0 radical (unpaired) electrons. The van der Waals surface area contributed by atoms with E-state index in [1.165, 1.54) is 17.5 Å². The third-order valence-electron chi connectivity index (χ3n) is 12.0. The zero-order valence-electron chi connectivity index (χ0n) is 33.3. The van der Waals surface area contributed by atoms with Crippen molar-refractivity contribution in [2.75, 3.05) is 0 Å². The Bertz CT molecular complexity index is 3450. The second-order valence-corrected chi connectivity index (χ2v) is 16.0. The smallest absolute Gasteiger partial charge is 0.298 e. The molecule has 0 unspecified atom stereocenters. The van der Waals surface area contributed by atoms with Crippen LogP contribution in [0.15, 0.2) is 170 Å². The molecule has 0 bridgehead atoms. The van der Waals surface area contributed by atoms with E-state index >= 15 is 8.78 Å². The number of imidazole rings is 1. The summed E-state index contributed by atoms with van der Waals surface area (Å²) < 4.78 is 37.0. The summed E-state index contributed by atoms with van der Waals surface area (Å²) in [6, 6.07) is 53.3. The van der Waals surface area contributed by atoms with Crippen LogP contribution in [-0.4, -0.2) is 24.1 Å². The van der Waals surface area contributed by atoms with Crippen molar-refractivity contribution in [1.29, 1.82) is 0 Å². The molecule has 5 nitrogen and oxygen atoms in total. The number of benzene rings is 7. The average Bonchev–Trinajstić information content (AvgIpc) is 3.97. The molecule has 11 aromatic rings. The van der Waals surface area contributed by atoms with E-state index in [1.807, 2.05) is 25.3 Å². The van der Waals surface area contributed by atoms with Crippen LogP contribution in [0.25, 0.3) is 88.7 Å². The summed E-state index contributed by atoms with van der Waals surface area (Å²) in [6.45, 7) is 6.24. The molecular weight excluding hydrogens is 745 g/mol. The third kappa shape index (κ3) is 5.49. The Hall–Kier alpha value is -7.38. The van der Waals surface area contributed by atoms with Gasteiger partial charge in [-0.05, 0) is 90.2 Å². The number of para-hydroxylation sites is 4. The third-order valence-corrected chi connectivity index (χ3v) is 12.0. The minimum atomic E-state index is -3.19. The topological polar surface area (TPSA) is 51.4 Å². The van der Waals surface area contributed by atoms with Crippen LogP contribution in [0, 0.1) is 6.92 Å². The van der Waals surface area contributed by atoms with Crippen LogP contribution in [0.2, 0.25) is 0 Å². The molecule has 0 amide bonds. The molecule has 7 heteroatoms. The van der Waals surface area contributed by atoms with Crippen LogP contribution in [0.4, 0.5) is 8.78 Å². The molecule has 0 spiro atoms. The van der Waals surface area contributed by atoms with Crippen LogP contribution < -0.4 is 0 Å². The van der Waals surface area contributed by atoms with Gasteiger partial charge in [-0.25, -0.2) is 9.97 Å². The monoisotopic (exact) mass is 783 g/mol. The first kappa shape index (κ1) is 35.8. The van der Waals surface area contributed by atoms with Gasteiger partial charge in [0.05, 0.1) is 27.6 Å². The Labute approximate surface area is 345 Å². The number of hydrogen-bond acceptors (Lipinski definition) is 2. The lowest BCUT2D eigenvalue weighted by Gasteiger charge is -2.19. The maximum absolute atomic E-state index is 16.3. The lowest BCUT2D eigenvalue weighted by atomic mass is 9.96. The number of nitrogens with zero attached hydrogens (tertiary/aromatic N) is 4. The van der Waals surface area contributed by atoms with Crippen molar-refractivity contribution in [3.8, 4) is 34.0 Å². The van der Waals surface area contributed by atoms with Crippen molar-refractivity contribution in [2.45, 2.75) is 32.6 Å². The quantitative estimate of drug-likeness (QED) is 0.175. The zero-order valence-corrected chi connectivity index (χ0v) is 33.3. The van der Waals surface area contributed by atoms with Crippen molar-refractivity contribution in [2.24, 2.45) is 0 Å². The molecule has 0 saturated carbocycles. The van der Waals surface area contributed by atoms with Gasteiger partial charge in [0.1, 0.15) is 11.6 Å². The summed E-state index contributed by atoms with van der Waals surface area (Å²) in [7, 11) is 0. The van der Waals surface area contributed by atoms with Gasteiger partial charge in [-0.15, -0.1) is 0 Å². The van der Waals surface area contributed by atoms with Crippen molar-refractivity contribution in [3.05, 3.63) is 192 Å². The summed E-state index contributed by atoms with van der Waals surface area (Å²) in [5.74, 6) is -1.35. The standard InChI is InChI=1S/C53H39F2N5/c1-32(2)34-26-27-56-48(30-34)60-47-29-35(24-25-41(47)44-31-37(28-33(3)51(44)60)53(54,55)36-14-6-4-7-15-36)39-19-13-23-46-50(39)58-52(59(46)38-16-8-5-9-17-38)43-21-12-20-42-40-18-10-11-22-45(40)57-49(42)43/h4-32,57H,1-3H3. The molecule has 0 aliphatic carbocycles. The van der Waals surface area contributed by atoms with Crippen molar-refractivity contribution >= 4 is 54.6 Å². The van der Waals surface area contributed by atoms with Crippen LogP contribution >= 0.6 is 0 Å². The molecule has 4 heterocycles. The normalized spacial score (nSPS) is 12.2. The van der Waals surface area contributed by atoms with E-state index < -0.39 is 5.92 Å². The number of nitrogens with one attached hydrogen (secondary N) is 1. The summed E-state index contributed by atoms with van der Waals surface area (Å²) in [5.41, 5.74) is 11.4. The van der Waals surface area contributed by atoms with Crippen LogP contribution in [0.3, 0.4) is 0 Å². The molecule has 7 aromatic carbocycles. The van der Waals surface area contributed by atoms with Gasteiger partial charge in [0.15, 0.2) is 0 Å². The highest BCUT2D eigenvalue weighted by atomic mass is 19.3. The lowest BCUT2D eigenvalue weighted by Crippen LogP contribution is -2.15. The molecule has 0 aliphatic heterocycles. The number of pyridine rings is 1. The number of H-pyrrole nitrogens is 1. The maximum Gasteiger partial charge on any atom is 0.298 e. The Morgan fingerprint density at radius 3 is 2.15 bits per heavy atom. The highest BCUT2D eigenvalue weighted by Gasteiger charge is 2.35. The number of aromatic nitrogens is 5. The Balaban J connectivity index is 1.17. The minimum absolute atomic E-state index is 0.0377. The number of aromatic amines is 1. The van der Waals surface area contributed by atoms with Gasteiger partial charge < -0.3 is 4.98 Å². The van der Waals surface area contributed by atoms with E-state index in [-0.39, 0.29) is 17.0 Å². The van der Waals surface area contributed by atoms with Crippen molar-refractivity contribution in [3.63, 3.8) is 0 Å². The van der Waals surface area contributed by atoms with Gasteiger partial charge in [0, 0.05) is 61.2 Å². The lowest BCUT2D eigenvalue weighted by molar-refractivity contribution is 0.0429. The molecule has 0 atom stereocenters. The first-order chi connectivity index (χ1) is 29.3. The molecule has 0 fully saturated rings. The number of fused-ring (bicyclic) bond motifs is 7. The van der Waals surface area contributed by atoms with E-state index in [0.717, 1.165) is 94.4 Å². The fourth-order valence-corrected chi connectivity index (χ4v) is 9.07. The summed E-state index contributed by atoms with van der Waals surface area (Å²) >= 11 is 0. The second-order valence-electron chi connectivity index (χ2n) is 16.0. The fraction of sp³-hybridized carbons (Fsp3) is 0.0943. The van der Waals surface area contributed by atoms with Crippen molar-refractivity contribution in [1.82, 2.24) is 24.1 Å². The number of aryl methyl sites for hydroxylation is 1. The summed E-state index contributed by atoms with van der Waals surface area (Å²) in [5, 5.41) is 3.93. The number of halogens is 2. The predicted octanol–water partition coefficient (Wildman–Crippen LogP) is 14.1. The molecule has 0 aliphatic rings. The first-order valence-electron chi connectivity index (χ1n) is 20.3.